The van der Waals surface area contributed by atoms with Gasteiger partial charge in [-0.1, -0.05) is 29.8 Å². The largest absolute Gasteiger partial charge is 0.325 e. The molecule has 3 rings (SSSR count). The third-order valence-corrected chi connectivity index (χ3v) is 4.48. The van der Waals surface area contributed by atoms with Gasteiger partial charge in [-0.15, -0.1) is 0 Å². The summed E-state index contributed by atoms with van der Waals surface area (Å²) < 4.78 is 27.3. The molecule has 0 unspecified atom stereocenters. The van der Waals surface area contributed by atoms with Gasteiger partial charge in [0.05, 0.1) is 0 Å². The molecule has 1 atom stereocenters. The maximum atomic E-state index is 13.6. The van der Waals surface area contributed by atoms with Crippen LogP contribution in [0, 0.1) is 11.6 Å². The van der Waals surface area contributed by atoms with Crippen molar-refractivity contribution in [1.82, 2.24) is 10.2 Å². The fourth-order valence-electron chi connectivity index (χ4n) is 2.76. The average molecular weight is 394 g/mol. The van der Waals surface area contributed by atoms with Gasteiger partial charge in [0.1, 0.15) is 29.4 Å². The molecule has 0 spiro atoms. The molecule has 4 amide bonds. The third-order valence-electron chi connectivity index (χ3n) is 4.23. The fraction of sp³-hybridized carbons (Fsp3) is 0.167. The lowest BCUT2D eigenvalue weighted by Gasteiger charge is -2.22. The first kappa shape index (κ1) is 18.8. The number of amides is 4. The van der Waals surface area contributed by atoms with Gasteiger partial charge in [-0.2, -0.15) is 0 Å². The van der Waals surface area contributed by atoms with Crippen molar-refractivity contribution in [2.75, 3.05) is 11.9 Å². The molecule has 0 aromatic heterocycles. The van der Waals surface area contributed by atoms with E-state index in [-0.39, 0.29) is 0 Å². The lowest BCUT2D eigenvalue weighted by atomic mass is 9.92. The molecular weight excluding hydrogens is 380 g/mol. The van der Waals surface area contributed by atoms with E-state index in [0.29, 0.717) is 15.5 Å². The average Bonchev–Trinajstić information content (AvgIpc) is 2.83. The summed E-state index contributed by atoms with van der Waals surface area (Å²) in [6.07, 6.45) is 0. The third kappa shape index (κ3) is 3.48. The summed E-state index contributed by atoms with van der Waals surface area (Å²) in [4.78, 5) is 37.7. The van der Waals surface area contributed by atoms with Crippen molar-refractivity contribution >= 4 is 35.1 Å². The molecule has 0 bridgehead atoms. The SMILES string of the molecule is C[C@]1(c2ccc(Cl)cc2)NC(=O)N(CC(=O)Nc2c(F)cccc2F)C1=O. The first-order chi connectivity index (χ1) is 12.7. The molecular formula is C18H14ClF2N3O3. The minimum atomic E-state index is -1.38. The molecule has 2 N–H and O–H groups in total. The predicted octanol–water partition coefficient (Wildman–Crippen LogP) is 3.02. The minimum Gasteiger partial charge on any atom is -0.320 e. The van der Waals surface area contributed by atoms with Crippen molar-refractivity contribution < 1.29 is 23.2 Å². The van der Waals surface area contributed by atoms with Gasteiger partial charge in [-0.05, 0) is 36.8 Å². The normalized spacial score (nSPS) is 19.2. The first-order valence-corrected chi connectivity index (χ1v) is 8.24. The molecule has 0 saturated carbocycles. The standard InChI is InChI=1S/C18H14ClF2N3O3/c1-18(10-5-7-11(19)8-6-10)16(26)24(17(27)23-18)9-14(25)22-15-12(20)3-2-4-13(15)21/h2-8H,9H2,1H3,(H,22,25)(H,23,27)/t18-/m1/s1. The smallest absolute Gasteiger partial charge is 0.320 e. The van der Waals surface area contributed by atoms with Crippen LogP contribution < -0.4 is 10.6 Å². The van der Waals surface area contributed by atoms with Crippen LogP contribution in [0.4, 0.5) is 19.3 Å². The zero-order valence-corrected chi connectivity index (χ0v) is 14.8. The molecule has 1 saturated heterocycles. The Bertz CT molecular complexity index is 916. The molecule has 27 heavy (non-hydrogen) atoms. The van der Waals surface area contributed by atoms with E-state index in [1.54, 1.807) is 24.3 Å². The van der Waals surface area contributed by atoms with Crippen molar-refractivity contribution in [2.24, 2.45) is 0 Å². The molecule has 2 aromatic rings. The van der Waals surface area contributed by atoms with Gasteiger partial charge in [0.2, 0.25) is 5.91 Å². The number of hydrogen-bond donors (Lipinski definition) is 2. The highest BCUT2D eigenvalue weighted by Crippen LogP contribution is 2.29. The summed E-state index contributed by atoms with van der Waals surface area (Å²) in [5.74, 6) is -3.51. The van der Waals surface area contributed by atoms with Gasteiger partial charge in [0, 0.05) is 5.02 Å². The number of para-hydroxylation sites is 1. The van der Waals surface area contributed by atoms with Crippen LogP contribution in [0.2, 0.25) is 5.02 Å². The molecule has 0 radical (unpaired) electrons. The summed E-state index contributed by atoms with van der Waals surface area (Å²) in [7, 11) is 0. The van der Waals surface area contributed by atoms with E-state index in [4.69, 9.17) is 11.6 Å². The number of carbonyl (C=O) groups excluding carboxylic acids is 3. The van der Waals surface area contributed by atoms with E-state index < -0.39 is 47.3 Å². The predicted molar refractivity (Wildman–Crippen MR) is 94.0 cm³/mol. The molecule has 1 aliphatic rings. The van der Waals surface area contributed by atoms with E-state index in [1.807, 2.05) is 5.32 Å². The van der Waals surface area contributed by atoms with Crippen molar-refractivity contribution in [3.05, 3.63) is 64.7 Å². The first-order valence-electron chi connectivity index (χ1n) is 7.86. The van der Waals surface area contributed by atoms with E-state index >= 15 is 0 Å². The van der Waals surface area contributed by atoms with Crippen LogP contribution in [0.1, 0.15) is 12.5 Å². The van der Waals surface area contributed by atoms with Gasteiger partial charge in [-0.25, -0.2) is 13.6 Å². The van der Waals surface area contributed by atoms with Crippen LogP contribution in [-0.2, 0) is 15.1 Å². The highest BCUT2D eigenvalue weighted by atomic mass is 35.5. The zero-order valence-electron chi connectivity index (χ0n) is 14.1. The molecule has 2 aromatic carbocycles. The Morgan fingerprint density at radius 1 is 1.15 bits per heavy atom. The Morgan fingerprint density at radius 2 is 1.74 bits per heavy atom. The summed E-state index contributed by atoms with van der Waals surface area (Å²) in [6.45, 7) is 0.798. The Labute approximate surface area is 158 Å². The number of anilines is 1. The number of hydrogen-bond acceptors (Lipinski definition) is 3. The monoisotopic (exact) mass is 393 g/mol. The molecule has 1 heterocycles. The van der Waals surface area contributed by atoms with E-state index in [9.17, 15) is 23.2 Å². The molecule has 9 heteroatoms. The molecule has 6 nitrogen and oxygen atoms in total. The van der Waals surface area contributed by atoms with Gasteiger partial charge in [-0.3, -0.25) is 14.5 Å². The summed E-state index contributed by atoms with van der Waals surface area (Å²) in [5, 5.41) is 5.03. The Kier molecular flexibility index (Phi) is 4.84. The number of benzene rings is 2. The van der Waals surface area contributed by atoms with E-state index in [0.717, 1.165) is 18.2 Å². The van der Waals surface area contributed by atoms with E-state index in [1.165, 1.54) is 6.92 Å². The van der Waals surface area contributed by atoms with Crippen molar-refractivity contribution in [1.29, 1.82) is 0 Å². The van der Waals surface area contributed by atoms with Gasteiger partial charge < -0.3 is 10.6 Å². The number of halogens is 3. The topological polar surface area (TPSA) is 78.5 Å². The van der Waals surface area contributed by atoms with E-state index in [2.05, 4.69) is 5.32 Å². The summed E-state index contributed by atoms with van der Waals surface area (Å²) >= 11 is 5.83. The number of imide groups is 1. The highest BCUT2D eigenvalue weighted by Gasteiger charge is 2.49. The molecule has 1 fully saturated rings. The number of urea groups is 1. The van der Waals surface area contributed by atoms with Crippen molar-refractivity contribution in [2.45, 2.75) is 12.5 Å². The van der Waals surface area contributed by atoms with Crippen molar-refractivity contribution in [3.63, 3.8) is 0 Å². The summed E-state index contributed by atoms with van der Waals surface area (Å²) in [6, 6.07) is 8.61. The zero-order chi connectivity index (χ0) is 19.8. The molecule has 0 aliphatic carbocycles. The lowest BCUT2D eigenvalue weighted by molar-refractivity contribution is -0.133. The van der Waals surface area contributed by atoms with Crippen molar-refractivity contribution in [3.8, 4) is 0 Å². The van der Waals surface area contributed by atoms with Crippen LogP contribution in [0.25, 0.3) is 0 Å². The van der Waals surface area contributed by atoms with Crippen LogP contribution >= 0.6 is 11.6 Å². The molecule has 140 valence electrons. The Hall–Kier alpha value is -3.00. The van der Waals surface area contributed by atoms with Gasteiger partial charge in [0.25, 0.3) is 5.91 Å². The second kappa shape index (κ2) is 6.96. The molecule has 1 aliphatic heterocycles. The highest BCUT2D eigenvalue weighted by molar-refractivity contribution is 6.30. The number of nitrogens with one attached hydrogen (secondary N) is 2. The Morgan fingerprint density at radius 3 is 2.33 bits per heavy atom. The second-order valence-corrected chi connectivity index (χ2v) is 6.53. The maximum Gasteiger partial charge on any atom is 0.325 e. The number of rotatable bonds is 4. The second-order valence-electron chi connectivity index (χ2n) is 6.10. The fourth-order valence-corrected chi connectivity index (χ4v) is 2.89. The number of carbonyl (C=O) groups is 3. The maximum absolute atomic E-state index is 13.6. The van der Waals surface area contributed by atoms with Gasteiger partial charge in [0.15, 0.2) is 0 Å². The quantitative estimate of drug-likeness (QED) is 0.784. The van der Waals surface area contributed by atoms with Gasteiger partial charge >= 0.3 is 6.03 Å². The lowest BCUT2D eigenvalue weighted by Crippen LogP contribution is -2.42. The van der Waals surface area contributed by atoms with Crippen LogP contribution in [0.3, 0.4) is 0 Å². The van der Waals surface area contributed by atoms with Crippen LogP contribution in [-0.4, -0.2) is 29.3 Å². The van der Waals surface area contributed by atoms with Crippen LogP contribution in [0.5, 0.6) is 0 Å². The Balaban J connectivity index is 1.77. The minimum absolute atomic E-state index is 0.460. The van der Waals surface area contributed by atoms with Crippen LogP contribution in [0.15, 0.2) is 42.5 Å². The number of nitrogens with zero attached hydrogens (tertiary/aromatic N) is 1. The summed E-state index contributed by atoms with van der Waals surface area (Å²) in [5.41, 5.74) is -1.55.